The van der Waals surface area contributed by atoms with E-state index in [2.05, 4.69) is 20.5 Å². The Labute approximate surface area is 220 Å². The average molecular weight is 550 g/mol. The highest BCUT2D eigenvalue weighted by Crippen LogP contribution is 2.34. The number of carbonyl (C=O) groups excluding carboxylic acids is 1. The minimum absolute atomic E-state index is 0.153. The van der Waals surface area contributed by atoms with Gasteiger partial charge in [0.05, 0.1) is 30.7 Å². The fourth-order valence-corrected chi connectivity index (χ4v) is 5.34. The predicted octanol–water partition coefficient (Wildman–Crippen LogP) is 6.14. The molecule has 0 radical (unpaired) electrons. The topological polar surface area (TPSA) is 91.2 Å². The molecule has 0 aliphatic rings. The number of hydrogen-bond acceptors (Lipinski definition) is 8. The molecule has 0 fully saturated rings. The van der Waals surface area contributed by atoms with E-state index in [0.717, 1.165) is 11.1 Å². The number of halogens is 2. The minimum Gasteiger partial charge on any atom is -0.493 e. The number of aromatic nitrogens is 4. The summed E-state index contributed by atoms with van der Waals surface area (Å²) in [6.45, 7) is 2.63. The van der Waals surface area contributed by atoms with Gasteiger partial charge in [0.25, 0.3) is 0 Å². The van der Waals surface area contributed by atoms with Crippen LogP contribution in [-0.4, -0.2) is 45.6 Å². The Morgan fingerprint density at radius 2 is 1.91 bits per heavy atom. The summed E-state index contributed by atoms with van der Waals surface area (Å²) >= 11 is 14.9. The van der Waals surface area contributed by atoms with Gasteiger partial charge >= 0.3 is 0 Å². The molecule has 0 aliphatic heterocycles. The van der Waals surface area contributed by atoms with Crippen molar-refractivity contribution < 1.29 is 14.3 Å². The lowest BCUT2D eigenvalue weighted by Gasteiger charge is -2.10. The SMILES string of the molecule is CCn1c(SCC(=O)Nc2nc(-c3ccc(Cl)cc3Cl)cs2)nnc1-c1ccc(OC)c(OC)c1. The number of nitrogens with zero attached hydrogens (tertiary/aromatic N) is 4. The van der Waals surface area contributed by atoms with Crippen LogP contribution in [0.15, 0.2) is 46.9 Å². The van der Waals surface area contributed by atoms with E-state index in [4.69, 9.17) is 32.7 Å². The molecular formula is C23H21Cl2N5O3S2. The quantitative estimate of drug-likeness (QED) is 0.250. The summed E-state index contributed by atoms with van der Waals surface area (Å²) < 4.78 is 12.7. The maximum absolute atomic E-state index is 12.6. The van der Waals surface area contributed by atoms with E-state index < -0.39 is 0 Å². The molecule has 1 amide bonds. The van der Waals surface area contributed by atoms with Crippen LogP contribution in [0.3, 0.4) is 0 Å². The molecular weight excluding hydrogens is 529 g/mol. The van der Waals surface area contributed by atoms with E-state index >= 15 is 0 Å². The highest BCUT2D eigenvalue weighted by Gasteiger charge is 2.17. The van der Waals surface area contributed by atoms with Gasteiger partial charge in [-0.05, 0) is 43.3 Å². The van der Waals surface area contributed by atoms with Gasteiger partial charge in [0.15, 0.2) is 27.6 Å². The summed E-state index contributed by atoms with van der Waals surface area (Å²) in [5.41, 5.74) is 2.26. The van der Waals surface area contributed by atoms with Gasteiger partial charge in [-0.25, -0.2) is 4.98 Å². The lowest BCUT2D eigenvalue weighted by atomic mass is 10.2. The number of nitrogens with one attached hydrogen (secondary N) is 1. The molecule has 0 spiro atoms. The number of ether oxygens (including phenoxy) is 2. The van der Waals surface area contributed by atoms with E-state index in [9.17, 15) is 4.79 Å². The largest absolute Gasteiger partial charge is 0.493 e. The Kier molecular flexibility index (Phi) is 8.17. The average Bonchev–Trinajstić information content (AvgIpc) is 3.49. The molecule has 2 aromatic heterocycles. The zero-order valence-corrected chi connectivity index (χ0v) is 22.2. The molecule has 4 rings (SSSR count). The fourth-order valence-electron chi connectivity index (χ4n) is 3.31. The summed E-state index contributed by atoms with van der Waals surface area (Å²) in [6, 6.07) is 10.8. The monoisotopic (exact) mass is 549 g/mol. The van der Waals surface area contributed by atoms with Gasteiger partial charge in [-0.2, -0.15) is 0 Å². The lowest BCUT2D eigenvalue weighted by Crippen LogP contribution is -2.14. The van der Waals surface area contributed by atoms with Crippen molar-refractivity contribution in [3.8, 4) is 34.1 Å². The van der Waals surface area contributed by atoms with Gasteiger partial charge in [0.2, 0.25) is 5.91 Å². The first-order chi connectivity index (χ1) is 16.9. The van der Waals surface area contributed by atoms with Crippen LogP contribution in [0, 0.1) is 0 Å². The summed E-state index contributed by atoms with van der Waals surface area (Å²) in [4.78, 5) is 17.0. The first kappa shape index (κ1) is 25.3. The Hall–Kier alpha value is -2.79. The summed E-state index contributed by atoms with van der Waals surface area (Å²) in [6.07, 6.45) is 0. The van der Waals surface area contributed by atoms with E-state index in [1.54, 1.807) is 32.4 Å². The summed E-state index contributed by atoms with van der Waals surface area (Å²) in [5.74, 6) is 1.87. The van der Waals surface area contributed by atoms with E-state index in [0.29, 0.717) is 49.9 Å². The van der Waals surface area contributed by atoms with Crippen molar-refractivity contribution in [2.45, 2.75) is 18.6 Å². The predicted molar refractivity (Wildman–Crippen MR) is 141 cm³/mol. The highest BCUT2D eigenvalue weighted by molar-refractivity contribution is 7.99. The normalized spacial score (nSPS) is 10.9. The van der Waals surface area contributed by atoms with Crippen LogP contribution in [0.1, 0.15) is 6.92 Å². The van der Waals surface area contributed by atoms with Crippen LogP contribution < -0.4 is 14.8 Å². The number of amides is 1. The van der Waals surface area contributed by atoms with Gasteiger partial charge < -0.3 is 19.4 Å². The number of hydrogen-bond donors (Lipinski definition) is 1. The molecule has 0 saturated heterocycles. The first-order valence-corrected chi connectivity index (χ1v) is 13.0. The van der Waals surface area contributed by atoms with Crippen LogP contribution in [0.5, 0.6) is 11.5 Å². The van der Waals surface area contributed by atoms with Crippen LogP contribution in [0.2, 0.25) is 10.0 Å². The van der Waals surface area contributed by atoms with Gasteiger partial charge in [0.1, 0.15) is 0 Å². The van der Waals surface area contributed by atoms with Crippen molar-refractivity contribution in [1.29, 1.82) is 0 Å². The van der Waals surface area contributed by atoms with E-state index in [-0.39, 0.29) is 11.7 Å². The second kappa shape index (κ2) is 11.3. The maximum Gasteiger partial charge on any atom is 0.236 e. The molecule has 12 heteroatoms. The van der Waals surface area contributed by atoms with Crippen molar-refractivity contribution in [2.24, 2.45) is 0 Å². The van der Waals surface area contributed by atoms with Gasteiger partial charge in [-0.15, -0.1) is 21.5 Å². The van der Waals surface area contributed by atoms with Crippen LogP contribution in [0.4, 0.5) is 5.13 Å². The first-order valence-electron chi connectivity index (χ1n) is 10.4. The van der Waals surface area contributed by atoms with Crippen molar-refractivity contribution in [1.82, 2.24) is 19.7 Å². The number of benzene rings is 2. The standard InChI is InChI=1S/C23H21Cl2N5O3S2/c1-4-30-21(13-5-8-18(32-2)19(9-13)33-3)28-29-23(30)35-12-20(31)27-22-26-17(11-34-22)15-7-6-14(24)10-16(15)25/h5-11H,4,12H2,1-3H3,(H,26,27,31). The number of carbonyl (C=O) groups is 1. The van der Waals surface area contributed by atoms with E-state index in [1.807, 2.05) is 35.1 Å². The Bertz CT molecular complexity index is 1360. The minimum atomic E-state index is -0.198. The molecule has 0 saturated carbocycles. The van der Waals surface area contributed by atoms with Crippen molar-refractivity contribution in [2.75, 3.05) is 25.3 Å². The number of methoxy groups -OCH3 is 2. The van der Waals surface area contributed by atoms with Crippen LogP contribution in [0.25, 0.3) is 22.6 Å². The fraction of sp³-hybridized carbons (Fsp3) is 0.217. The zero-order chi connectivity index (χ0) is 24.9. The van der Waals surface area contributed by atoms with Gasteiger partial charge in [0, 0.05) is 28.1 Å². The molecule has 4 aromatic rings. The number of thiazole rings is 1. The third kappa shape index (κ3) is 5.72. The highest BCUT2D eigenvalue weighted by atomic mass is 35.5. The van der Waals surface area contributed by atoms with Crippen LogP contribution in [-0.2, 0) is 11.3 Å². The second-order valence-corrected chi connectivity index (χ2v) is 9.76. The third-order valence-electron chi connectivity index (χ3n) is 4.96. The van der Waals surface area contributed by atoms with Crippen molar-refractivity contribution in [3.63, 3.8) is 0 Å². The van der Waals surface area contributed by atoms with Gasteiger partial charge in [-0.1, -0.05) is 35.0 Å². The Morgan fingerprint density at radius 1 is 1.11 bits per heavy atom. The summed E-state index contributed by atoms with van der Waals surface area (Å²) in [5, 5.41) is 15.5. The van der Waals surface area contributed by atoms with E-state index in [1.165, 1.54) is 23.1 Å². The number of rotatable bonds is 9. The molecule has 0 unspecified atom stereocenters. The Balaban J connectivity index is 1.43. The van der Waals surface area contributed by atoms with Crippen LogP contribution >= 0.6 is 46.3 Å². The van der Waals surface area contributed by atoms with Crippen molar-refractivity contribution in [3.05, 3.63) is 51.8 Å². The second-order valence-electron chi connectivity index (χ2n) is 7.12. The lowest BCUT2D eigenvalue weighted by molar-refractivity contribution is -0.113. The molecule has 2 heterocycles. The molecule has 35 heavy (non-hydrogen) atoms. The number of thioether (sulfide) groups is 1. The Morgan fingerprint density at radius 3 is 2.63 bits per heavy atom. The van der Waals surface area contributed by atoms with Gasteiger partial charge in [-0.3, -0.25) is 4.79 Å². The van der Waals surface area contributed by atoms with Crippen molar-refractivity contribution >= 4 is 57.3 Å². The maximum atomic E-state index is 12.6. The smallest absolute Gasteiger partial charge is 0.236 e. The molecule has 0 bridgehead atoms. The molecule has 0 atom stereocenters. The zero-order valence-electron chi connectivity index (χ0n) is 19.0. The molecule has 1 N–H and O–H groups in total. The number of anilines is 1. The molecule has 182 valence electrons. The third-order valence-corrected chi connectivity index (χ3v) is 7.24. The molecule has 0 aliphatic carbocycles. The molecule has 2 aromatic carbocycles. The summed E-state index contributed by atoms with van der Waals surface area (Å²) in [7, 11) is 3.17. The molecule has 8 nitrogen and oxygen atoms in total.